The van der Waals surface area contributed by atoms with Gasteiger partial charge in [0.15, 0.2) is 0 Å². The number of hydrogen-bond acceptors (Lipinski definition) is 2. The fourth-order valence-corrected chi connectivity index (χ4v) is 2.62. The van der Waals surface area contributed by atoms with Crippen molar-refractivity contribution >= 4 is 27.5 Å². The molecule has 3 nitrogen and oxygen atoms in total. The van der Waals surface area contributed by atoms with E-state index in [0.29, 0.717) is 12.3 Å². The second kappa shape index (κ2) is 5.53. The highest BCUT2D eigenvalue weighted by atomic mass is 79.9. The van der Waals surface area contributed by atoms with Crippen LogP contribution in [0, 0.1) is 5.92 Å². The number of hydrogen-bond donors (Lipinski definition) is 0. The molecule has 0 N–H and O–H groups in total. The van der Waals surface area contributed by atoms with Crippen LogP contribution in [0.4, 0.5) is 5.69 Å². The largest absolute Gasteiger partial charge is 0.488 e. The van der Waals surface area contributed by atoms with E-state index >= 15 is 0 Å². The molecule has 1 aromatic rings. The molecule has 4 heteroatoms. The van der Waals surface area contributed by atoms with Gasteiger partial charge >= 0.3 is 0 Å². The van der Waals surface area contributed by atoms with Gasteiger partial charge in [0.05, 0.1) is 0 Å². The van der Waals surface area contributed by atoms with Gasteiger partial charge in [-0.2, -0.15) is 0 Å². The van der Waals surface area contributed by atoms with Gasteiger partial charge in [-0.05, 0) is 51.0 Å². The Morgan fingerprint density at radius 2 is 1.95 bits per heavy atom. The van der Waals surface area contributed by atoms with Crippen molar-refractivity contribution in [2.45, 2.75) is 32.8 Å². The first-order valence-corrected chi connectivity index (χ1v) is 7.66. The normalized spacial score (nSPS) is 19.9. The molecular formula is C15H20BrNO2. The smallest absolute Gasteiger partial charge is 0.227 e. The highest BCUT2D eigenvalue weighted by molar-refractivity contribution is 9.09. The Kier molecular flexibility index (Phi) is 4.19. The maximum Gasteiger partial charge on any atom is 0.227 e. The minimum absolute atomic E-state index is 0.202. The standard InChI is InChI=1S/C15H20BrNO2/c1-15(2,3)19-13-6-4-12(5-7-13)17-10-11(9-16)8-14(17)18/h4-7,11H,8-10H2,1-3H3. The molecule has 0 aliphatic carbocycles. The predicted molar refractivity (Wildman–Crippen MR) is 81.1 cm³/mol. The maximum atomic E-state index is 11.9. The van der Waals surface area contributed by atoms with Crippen LogP contribution in [0.5, 0.6) is 5.75 Å². The molecule has 104 valence electrons. The minimum Gasteiger partial charge on any atom is -0.488 e. The summed E-state index contributed by atoms with van der Waals surface area (Å²) in [6.45, 7) is 6.85. The molecule has 1 amide bonds. The predicted octanol–water partition coefficient (Wildman–Crippen LogP) is 3.61. The monoisotopic (exact) mass is 325 g/mol. The van der Waals surface area contributed by atoms with Gasteiger partial charge < -0.3 is 9.64 Å². The lowest BCUT2D eigenvalue weighted by Crippen LogP contribution is -2.25. The summed E-state index contributed by atoms with van der Waals surface area (Å²) in [4.78, 5) is 13.8. The maximum absolute atomic E-state index is 11.9. The van der Waals surface area contributed by atoms with E-state index in [1.54, 1.807) is 0 Å². The molecule has 2 rings (SSSR count). The molecule has 1 heterocycles. The number of anilines is 1. The summed E-state index contributed by atoms with van der Waals surface area (Å²) in [6.07, 6.45) is 0.630. The van der Waals surface area contributed by atoms with E-state index < -0.39 is 0 Å². The van der Waals surface area contributed by atoms with Gasteiger partial charge in [0.1, 0.15) is 11.4 Å². The van der Waals surface area contributed by atoms with E-state index in [9.17, 15) is 4.79 Å². The number of rotatable bonds is 3. The minimum atomic E-state index is -0.202. The lowest BCUT2D eigenvalue weighted by molar-refractivity contribution is -0.117. The molecule has 0 spiro atoms. The number of carbonyl (C=O) groups is 1. The summed E-state index contributed by atoms with van der Waals surface area (Å²) in [7, 11) is 0. The topological polar surface area (TPSA) is 29.5 Å². The Labute approximate surface area is 123 Å². The van der Waals surface area contributed by atoms with Crippen LogP contribution >= 0.6 is 15.9 Å². The SMILES string of the molecule is CC(C)(C)Oc1ccc(N2CC(CBr)CC2=O)cc1. The average molecular weight is 326 g/mol. The first kappa shape index (κ1) is 14.4. The second-order valence-corrected chi connectivity index (χ2v) is 6.58. The molecule has 0 saturated carbocycles. The Hall–Kier alpha value is -1.03. The number of carbonyl (C=O) groups excluding carboxylic acids is 1. The van der Waals surface area contributed by atoms with E-state index in [4.69, 9.17) is 4.74 Å². The molecule has 19 heavy (non-hydrogen) atoms. The van der Waals surface area contributed by atoms with Crippen molar-refractivity contribution in [3.05, 3.63) is 24.3 Å². The third-order valence-electron chi connectivity index (χ3n) is 3.00. The molecule has 1 aromatic carbocycles. The quantitative estimate of drug-likeness (QED) is 0.794. The first-order chi connectivity index (χ1) is 8.89. The van der Waals surface area contributed by atoms with Gasteiger partial charge in [0.2, 0.25) is 5.91 Å². The molecule has 1 aliphatic heterocycles. The molecular weight excluding hydrogens is 306 g/mol. The molecule has 1 aliphatic rings. The summed E-state index contributed by atoms with van der Waals surface area (Å²) in [5.41, 5.74) is 0.751. The Morgan fingerprint density at radius 1 is 1.32 bits per heavy atom. The van der Waals surface area contributed by atoms with Crippen molar-refractivity contribution in [3.8, 4) is 5.75 Å². The Morgan fingerprint density at radius 3 is 2.42 bits per heavy atom. The van der Waals surface area contributed by atoms with Crippen LogP contribution < -0.4 is 9.64 Å². The number of nitrogens with zero attached hydrogens (tertiary/aromatic N) is 1. The molecule has 1 fully saturated rings. The zero-order chi connectivity index (χ0) is 14.0. The van der Waals surface area contributed by atoms with E-state index in [2.05, 4.69) is 15.9 Å². The Bertz CT molecular complexity index is 450. The van der Waals surface area contributed by atoms with Gasteiger partial charge in [0.25, 0.3) is 0 Å². The van der Waals surface area contributed by atoms with Crippen molar-refractivity contribution < 1.29 is 9.53 Å². The molecule has 1 unspecified atom stereocenters. The van der Waals surface area contributed by atoms with E-state index in [1.807, 2.05) is 49.9 Å². The molecule has 0 aromatic heterocycles. The zero-order valence-electron chi connectivity index (χ0n) is 11.6. The van der Waals surface area contributed by atoms with Crippen LogP contribution in [-0.4, -0.2) is 23.4 Å². The highest BCUT2D eigenvalue weighted by Gasteiger charge is 2.29. The van der Waals surface area contributed by atoms with Crippen molar-refractivity contribution in [1.82, 2.24) is 0 Å². The number of benzene rings is 1. The summed E-state index contributed by atoms with van der Waals surface area (Å²) in [6, 6.07) is 7.76. The first-order valence-electron chi connectivity index (χ1n) is 6.54. The number of ether oxygens (including phenoxy) is 1. The summed E-state index contributed by atoms with van der Waals surface area (Å²) in [5.74, 6) is 1.45. The van der Waals surface area contributed by atoms with Crippen LogP contribution in [-0.2, 0) is 4.79 Å². The van der Waals surface area contributed by atoms with E-state index in [0.717, 1.165) is 23.3 Å². The number of amides is 1. The molecule has 1 saturated heterocycles. The molecule has 1 atom stereocenters. The fraction of sp³-hybridized carbons (Fsp3) is 0.533. The second-order valence-electron chi connectivity index (χ2n) is 5.94. The summed E-state index contributed by atoms with van der Waals surface area (Å²) in [5, 5.41) is 0.875. The summed E-state index contributed by atoms with van der Waals surface area (Å²) >= 11 is 3.45. The van der Waals surface area contributed by atoms with Gasteiger partial charge in [-0.3, -0.25) is 4.79 Å². The van der Waals surface area contributed by atoms with Crippen molar-refractivity contribution in [2.24, 2.45) is 5.92 Å². The van der Waals surface area contributed by atoms with Gasteiger partial charge in [-0.1, -0.05) is 15.9 Å². The molecule has 0 radical (unpaired) electrons. The lowest BCUT2D eigenvalue weighted by atomic mass is 10.2. The van der Waals surface area contributed by atoms with E-state index in [1.165, 1.54) is 0 Å². The van der Waals surface area contributed by atoms with Crippen LogP contribution in [0.15, 0.2) is 24.3 Å². The fourth-order valence-electron chi connectivity index (χ4n) is 2.18. The van der Waals surface area contributed by atoms with Crippen molar-refractivity contribution in [2.75, 3.05) is 16.8 Å². The van der Waals surface area contributed by atoms with Gasteiger partial charge in [0, 0.05) is 24.0 Å². The number of alkyl halides is 1. The van der Waals surface area contributed by atoms with Crippen molar-refractivity contribution in [1.29, 1.82) is 0 Å². The third kappa shape index (κ3) is 3.72. The van der Waals surface area contributed by atoms with Crippen LogP contribution in [0.3, 0.4) is 0 Å². The third-order valence-corrected chi connectivity index (χ3v) is 3.91. The molecule has 0 bridgehead atoms. The van der Waals surface area contributed by atoms with E-state index in [-0.39, 0.29) is 11.5 Å². The highest BCUT2D eigenvalue weighted by Crippen LogP contribution is 2.28. The van der Waals surface area contributed by atoms with Crippen molar-refractivity contribution in [3.63, 3.8) is 0 Å². The zero-order valence-corrected chi connectivity index (χ0v) is 13.2. The van der Waals surface area contributed by atoms with Crippen LogP contribution in [0.1, 0.15) is 27.2 Å². The summed E-state index contributed by atoms with van der Waals surface area (Å²) < 4.78 is 5.78. The van der Waals surface area contributed by atoms with Gasteiger partial charge in [-0.25, -0.2) is 0 Å². The lowest BCUT2D eigenvalue weighted by Gasteiger charge is -2.22. The average Bonchev–Trinajstić information content (AvgIpc) is 2.70. The Balaban J connectivity index is 2.08. The van der Waals surface area contributed by atoms with Gasteiger partial charge in [-0.15, -0.1) is 0 Å². The van der Waals surface area contributed by atoms with Crippen LogP contribution in [0.2, 0.25) is 0 Å². The number of halogens is 1. The van der Waals surface area contributed by atoms with Crippen LogP contribution in [0.25, 0.3) is 0 Å².